The fourth-order valence-corrected chi connectivity index (χ4v) is 1.10. The maximum absolute atomic E-state index is 11.0. The van der Waals surface area contributed by atoms with E-state index in [9.17, 15) is 13.2 Å². The predicted molar refractivity (Wildman–Crippen MR) is 49.8 cm³/mol. The largest absolute Gasteiger partial charge is 0.459 e. The SMILES string of the molecule is C=CS(=O)(=O)CC(=O)OC(C)(C)C. The normalized spacial score (nSPS) is 12.2. The average molecular weight is 206 g/mol. The van der Waals surface area contributed by atoms with Gasteiger partial charge in [0, 0.05) is 5.41 Å². The minimum atomic E-state index is -3.50. The van der Waals surface area contributed by atoms with Crippen LogP contribution < -0.4 is 0 Å². The van der Waals surface area contributed by atoms with E-state index in [2.05, 4.69) is 6.58 Å². The second-order valence-electron chi connectivity index (χ2n) is 3.56. The molecule has 0 bridgehead atoms. The number of sulfone groups is 1. The summed E-state index contributed by atoms with van der Waals surface area (Å²) in [5, 5.41) is 0.747. The van der Waals surface area contributed by atoms with Gasteiger partial charge >= 0.3 is 5.97 Å². The molecule has 5 heteroatoms. The highest BCUT2D eigenvalue weighted by molar-refractivity contribution is 7.94. The predicted octanol–water partition coefficient (Wildman–Crippen LogP) is 0.886. The van der Waals surface area contributed by atoms with E-state index in [0.29, 0.717) is 0 Å². The van der Waals surface area contributed by atoms with Crippen LogP contribution in [-0.2, 0) is 19.4 Å². The lowest BCUT2D eigenvalue weighted by Gasteiger charge is -2.18. The first-order valence-corrected chi connectivity index (χ1v) is 5.45. The molecule has 0 amide bonds. The van der Waals surface area contributed by atoms with Crippen molar-refractivity contribution in [3.05, 3.63) is 12.0 Å². The monoisotopic (exact) mass is 206 g/mol. The molecule has 0 aliphatic rings. The van der Waals surface area contributed by atoms with E-state index in [0.717, 1.165) is 5.41 Å². The molecule has 0 aromatic rings. The van der Waals surface area contributed by atoms with Crippen molar-refractivity contribution in [3.63, 3.8) is 0 Å². The fraction of sp³-hybridized carbons (Fsp3) is 0.625. The molecule has 0 aliphatic heterocycles. The Morgan fingerprint density at radius 1 is 1.46 bits per heavy atom. The summed E-state index contributed by atoms with van der Waals surface area (Å²) in [7, 11) is -3.50. The number of carbonyl (C=O) groups excluding carboxylic acids is 1. The molecule has 0 saturated carbocycles. The van der Waals surface area contributed by atoms with Crippen molar-refractivity contribution in [2.45, 2.75) is 26.4 Å². The number of carbonyl (C=O) groups is 1. The van der Waals surface area contributed by atoms with Gasteiger partial charge in [0.1, 0.15) is 5.60 Å². The first-order chi connectivity index (χ1) is 5.66. The van der Waals surface area contributed by atoms with Gasteiger partial charge in [-0.05, 0) is 20.8 Å². The summed E-state index contributed by atoms with van der Waals surface area (Å²) in [5.74, 6) is -1.40. The first kappa shape index (κ1) is 12.2. The zero-order valence-electron chi connectivity index (χ0n) is 8.03. The molecule has 4 nitrogen and oxygen atoms in total. The Hall–Kier alpha value is -0.840. The fourth-order valence-electron chi connectivity index (χ4n) is 0.594. The minimum Gasteiger partial charge on any atom is -0.459 e. The van der Waals surface area contributed by atoms with Gasteiger partial charge < -0.3 is 4.74 Å². The summed E-state index contributed by atoms with van der Waals surface area (Å²) in [6, 6.07) is 0. The molecule has 0 spiro atoms. The molecular formula is C8H14O4S. The summed E-state index contributed by atoms with van der Waals surface area (Å²) < 4.78 is 26.6. The van der Waals surface area contributed by atoms with Gasteiger partial charge in [-0.3, -0.25) is 4.79 Å². The van der Waals surface area contributed by atoms with Gasteiger partial charge in [0.2, 0.25) is 0 Å². The molecule has 0 fully saturated rings. The van der Waals surface area contributed by atoms with Crippen LogP contribution in [0.25, 0.3) is 0 Å². The number of hydrogen-bond donors (Lipinski definition) is 0. The summed E-state index contributed by atoms with van der Waals surface area (Å²) in [6.07, 6.45) is 0. The highest BCUT2D eigenvalue weighted by Crippen LogP contribution is 2.07. The minimum absolute atomic E-state index is 0.645. The summed E-state index contributed by atoms with van der Waals surface area (Å²) in [4.78, 5) is 11.0. The van der Waals surface area contributed by atoms with Gasteiger partial charge in [-0.1, -0.05) is 6.58 Å². The second kappa shape index (κ2) is 3.91. The molecule has 76 valence electrons. The van der Waals surface area contributed by atoms with E-state index < -0.39 is 27.2 Å². The topological polar surface area (TPSA) is 60.4 Å². The Kier molecular flexibility index (Phi) is 3.66. The molecular weight excluding hydrogens is 192 g/mol. The molecule has 13 heavy (non-hydrogen) atoms. The summed E-state index contributed by atoms with van der Waals surface area (Å²) in [6.45, 7) is 8.10. The van der Waals surface area contributed by atoms with Crippen LogP contribution in [-0.4, -0.2) is 25.7 Å². The lowest BCUT2D eigenvalue weighted by atomic mass is 10.2. The van der Waals surface area contributed by atoms with Gasteiger partial charge in [0.15, 0.2) is 15.6 Å². The Morgan fingerprint density at radius 2 is 1.92 bits per heavy atom. The molecule has 0 aromatic heterocycles. The molecule has 0 aromatic carbocycles. The lowest BCUT2D eigenvalue weighted by Crippen LogP contribution is -2.27. The Bertz CT molecular complexity index is 295. The van der Waals surface area contributed by atoms with Crippen molar-refractivity contribution in [1.82, 2.24) is 0 Å². The van der Waals surface area contributed by atoms with Gasteiger partial charge in [0.25, 0.3) is 0 Å². The van der Waals surface area contributed by atoms with Crippen molar-refractivity contribution in [2.75, 3.05) is 5.75 Å². The van der Waals surface area contributed by atoms with E-state index in [-0.39, 0.29) is 0 Å². The number of esters is 1. The van der Waals surface area contributed by atoms with Crippen LogP contribution in [0.4, 0.5) is 0 Å². The Morgan fingerprint density at radius 3 is 2.23 bits per heavy atom. The van der Waals surface area contributed by atoms with E-state index in [1.54, 1.807) is 20.8 Å². The molecule has 0 radical (unpaired) electrons. The van der Waals surface area contributed by atoms with Crippen LogP contribution in [0.5, 0.6) is 0 Å². The highest BCUT2D eigenvalue weighted by atomic mass is 32.2. The van der Waals surface area contributed by atoms with E-state index in [4.69, 9.17) is 4.74 Å². The van der Waals surface area contributed by atoms with Gasteiger partial charge in [0.05, 0.1) is 0 Å². The molecule has 0 heterocycles. The van der Waals surface area contributed by atoms with Crippen LogP contribution in [0.15, 0.2) is 12.0 Å². The summed E-state index contributed by atoms with van der Waals surface area (Å²) >= 11 is 0. The highest BCUT2D eigenvalue weighted by Gasteiger charge is 2.20. The Balaban J connectivity index is 4.27. The molecule has 0 atom stereocenters. The third-order valence-corrected chi connectivity index (χ3v) is 2.14. The van der Waals surface area contributed by atoms with Crippen LogP contribution in [0.1, 0.15) is 20.8 Å². The van der Waals surface area contributed by atoms with Crippen molar-refractivity contribution < 1.29 is 17.9 Å². The zero-order valence-corrected chi connectivity index (χ0v) is 8.85. The molecule has 0 N–H and O–H groups in total. The molecule has 0 aliphatic carbocycles. The first-order valence-electron chi connectivity index (χ1n) is 3.73. The molecule has 0 rings (SSSR count). The van der Waals surface area contributed by atoms with Crippen molar-refractivity contribution in [1.29, 1.82) is 0 Å². The third kappa shape index (κ3) is 6.33. The molecule has 0 unspecified atom stereocenters. The van der Waals surface area contributed by atoms with Crippen molar-refractivity contribution >= 4 is 15.8 Å². The van der Waals surface area contributed by atoms with Crippen molar-refractivity contribution in [2.24, 2.45) is 0 Å². The quantitative estimate of drug-likeness (QED) is 0.643. The number of hydrogen-bond acceptors (Lipinski definition) is 4. The van der Waals surface area contributed by atoms with Crippen LogP contribution in [0.2, 0.25) is 0 Å². The van der Waals surface area contributed by atoms with Crippen molar-refractivity contribution in [3.8, 4) is 0 Å². The van der Waals surface area contributed by atoms with Gasteiger partial charge in [-0.25, -0.2) is 8.42 Å². The van der Waals surface area contributed by atoms with Crippen LogP contribution in [0, 0.1) is 0 Å². The van der Waals surface area contributed by atoms with E-state index in [1.807, 2.05) is 0 Å². The standard InChI is InChI=1S/C8H14O4S/c1-5-13(10,11)6-7(9)12-8(2,3)4/h5H,1,6H2,2-4H3. The number of rotatable bonds is 3. The maximum Gasteiger partial charge on any atom is 0.322 e. The van der Waals surface area contributed by atoms with Gasteiger partial charge in [-0.2, -0.15) is 0 Å². The average Bonchev–Trinajstić information content (AvgIpc) is 1.81. The Labute approximate surface area is 78.5 Å². The maximum atomic E-state index is 11.0. The lowest BCUT2D eigenvalue weighted by molar-refractivity contribution is -0.151. The second-order valence-corrected chi connectivity index (χ2v) is 5.51. The number of ether oxygens (including phenoxy) is 1. The zero-order chi connectivity index (χ0) is 10.7. The van der Waals surface area contributed by atoms with E-state index >= 15 is 0 Å². The van der Waals surface area contributed by atoms with Gasteiger partial charge in [-0.15, -0.1) is 0 Å². The molecule has 0 saturated heterocycles. The smallest absolute Gasteiger partial charge is 0.322 e. The van der Waals surface area contributed by atoms with Crippen LogP contribution in [0.3, 0.4) is 0 Å². The van der Waals surface area contributed by atoms with E-state index in [1.165, 1.54) is 0 Å². The third-order valence-electron chi connectivity index (χ3n) is 0.993. The van der Waals surface area contributed by atoms with Crippen LogP contribution >= 0.6 is 0 Å². The summed E-state index contributed by atoms with van der Waals surface area (Å²) in [5.41, 5.74) is -0.659.